The summed E-state index contributed by atoms with van der Waals surface area (Å²) in [4.78, 5) is 0. The fourth-order valence-electron chi connectivity index (χ4n) is 1.87. The van der Waals surface area contributed by atoms with Crippen LogP contribution in [0.2, 0.25) is 0 Å². The van der Waals surface area contributed by atoms with E-state index >= 15 is 0 Å². The molecular formula is C16H25N. The lowest BCUT2D eigenvalue weighted by Gasteiger charge is -2.20. The molecule has 0 heterocycles. The Balaban J connectivity index is 2.97. The van der Waals surface area contributed by atoms with Gasteiger partial charge in [-0.2, -0.15) is 0 Å². The maximum absolute atomic E-state index is 3.33. The fourth-order valence-corrected chi connectivity index (χ4v) is 1.87. The van der Waals surface area contributed by atoms with Crippen LogP contribution in [0.5, 0.6) is 0 Å². The molecule has 0 aliphatic carbocycles. The Hall–Kier alpha value is -1.08. The smallest absolute Gasteiger partial charge is 0.0506 e. The van der Waals surface area contributed by atoms with E-state index in [-0.39, 0.29) is 5.41 Å². The number of rotatable bonds is 3. The molecule has 1 N–H and O–H groups in total. The topological polar surface area (TPSA) is 12.0 Å². The predicted octanol–water partition coefficient (Wildman–Crippen LogP) is 4.21. The first-order chi connectivity index (χ1) is 7.84. The van der Waals surface area contributed by atoms with Crippen LogP contribution in [0.3, 0.4) is 0 Å². The first-order valence-corrected chi connectivity index (χ1v) is 6.27. The molecule has 94 valence electrons. The Morgan fingerprint density at radius 2 is 1.65 bits per heavy atom. The summed E-state index contributed by atoms with van der Waals surface area (Å²) in [5, 5.41) is 3.33. The molecule has 1 rings (SSSR count). The Morgan fingerprint density at radius 3 is 2.00 bits per heavy atom. The van der Waals surface area contributed by atoms with E-state index < -0.39 is 0 Å². The van der Waals surface area contributed by atoms with Crippen LogP contribution >= 0.6 is 0 Å². The van der Waals surface area contributed by atoms with Crippen LogP contribution in [0.15, 0.2) is 35.9 Å². The van der Waals surface area contributed by atoms with Crippen molar-refractivity contribution in [3.63, 3.8) is 0 Å². The quantitative estimate of drug-likeness (QED) is 0.768. The molecule has 0 aromatic heterocycles. The molecule has 0 bridgehead atoms. The van der Waals surface area contributed by atoms with Crippen molar-refractivity contribution < 1.29 is 0 Å². The van der Waals surface area contributed by atoms with Crippen LogP contribution < -0.4 is 5.32 Å². The van der Waals surface area contributed by atoms with Crippen LogP contribution in [0, 0.1) is 0 Å². The largest absolute Gasteiger partial charge is 0.310 e. The van der Waals surface area contributed by atoms with E-state index in [4.69, 9.17) is 0 Å². The molecule has 0 saturated carbocycles. The van der Waals surface area contributed by atoms with Gasteiger partial charge in [-0.3, -0.25) is 0 Å². The Kier molecular flexibility index (Phi) is 4.53. The number of allylic oxidation sites excluding steroid dienone is 1. The van der Waals surface area contributed by atoms with Crippen LogP contribution in [-0.4, -0.2) is 7.05 Å². The molecule has 0 spiro atoms. The third-order valence-corrected chi connectivity index (χ3v) is 2.95. The summed E-state index contributed by atoms with van der Waals surface area (Å²) in [6.07, 6.45) is 2.26. The van der Waals surface area contributed by atoms with Crippen LogP contribution in [0.4, 0.5) is 0 Å². The fraction of sp³-hybridized carbons (Fsp3) is 0.500. The summed E-state index contributed by atoms with van der Waals surface area (Å²) in [6.45, 7) is 11.0. The van der Waals surface area contributed by atoms with Crippen molar-refractivity contribution in [2.45, 2.75) is 46.1 Å². The second kappa shape index (κ2) is 5.50. The van der Waals surface area contributed by atoms with Crippen LogP contribution in [-0.2, 0) is 5.41 Å². The molecule has 0 fully saturated rings. The highest BCUT2D eigenvalue weighted by Crippen LogP contribution is 2.24. The lowest BCUT2D eigenvalue weighted by molar-refractivity contribution is 0.589. The highest BCUT2D eigenvalue weighted by Gasteiger charge is 2.14. The third kappa shape index (κ3) is 4.01. The Labute approximate surface area is 106 Å². The maximum atomic E-state index is 3.33. The van der Waals surface area contributed by atoms with E-state index in [9.17, 15) is 0 Å². The monoisotopic (exact) mass is 231 g/mol. The second-order valence-corrected chi connectivity index (χ2v) is 5.88. The zero-order chi connectivity index (χ0) is 13.1. The van der Waals surface area contributed by atoms with Gasteiger partial charge in [-0.1, -0.05) is 56.7 Å². The van der Waals surface area contributed by atoms with Gasteiger partial charge in [0.25, 0.3) is 0 Å². The Morgan fingerprint density at radius 1 is 1.12 bits per heavy atom. The van der Waals surface area contributed by atoms with Gasteiger partial charge in [0, 0.05) is 0 Å². The van der Waals surface area contributed by atoms with Crippen molar-refractivity contribution in [3.05, 3.63) is 47.0 Å². The van der Waals surface area contributed by atoms with E-state index in [1.165, 1.54) is 16.7 Å². The average Bonchev–Trinajstić information content (AvgIpc) is 2.24. The minimum absolute atomic E-state index is 0.226. The van der Waals surface area contributed by atoms with Crippen molar-refractivity contribution in [3.8, 4) is 0 Å². The van der Waals surface area contributed by atoms with Crippen molar-refractivity contribution in [1.82, 2.24) is 5.32 Å². The van der Waals surface area contributed by atoms with Gasteiger partial charge in [-0.15, -0.1) is 0 Å². The van der Waals surface area contributed by atoms with Gasteiger partial charge in [0.15, 0.2) is 0 Å². The highest BCUT2D eigenvalue weighted by atomic mass is 14.9. The van der Waals surface area contributed by atoms with Gasteiger partial charge in [0.2, 0.25) is 0 Å². The number of hydrogen-bond acceptors (Lipinski definition) is 1. The zero-order valence-corrected chi connectivity index (χ0v) is 12.0. The summed E-state index contributed by atoms with van der Waals surface area (Å²) in [7, 11) is 2.00. The molecule has 0 amide bonds. The van der Waals surface area contributed by atoms with Crippen molar-refractivity contribution in [2.75, 3.05) is 7.05 Å². The standard InChI is InChI=1S/C16H25N/c1-12(2)11-15(17-6)13-7-9-14(10-8-13)16(3,4)5/h7-11,15,17H,1-6H3. The van der Waals surface area contributed by atoms with Gasteiger partial charge < -0.3 is 5.32 Å². The summed E-state index contributed by atoms with van der Waals surface area (Å²) in [6, 6.07) is 9.23. The maximum Gasteiger partial charge on any atom is 0.0506 e. The molecule has 1 unspecified atom stereocenters. The first kappa shape index (κ1) is 14.0. The molecule has 1 nitrogen and oxygen atoms in total. The molecule has 0 saturated heterocycles. The lowest BCUT2D eigenvalue weighted by atomic mass is 9.86. The lowest BCUT2D eigenvalue weighted by Crippen LogP contribution is -2.15. The second-order valence-electron chi connectivity index (χ2n) is 5.88. The molecule has 17 heavy (non-hydrogen) atoms. The summed E-state index contributed by atoms with van der Waals surface area (Å²) < 4.78 is 0. The van der Waals surface area contributed by atoms with Crippen LogP contribution in [0.1, 0.15) is 51.8 Å². The summed E-state index contributed by atoms with van der Waals surface area (Å²) >= 11 is 0. The van der Waals surface area contributed by atoms with Gasteiger partial charge in [-0.05, 0) is 37.4 Å². The number of nitrogens with one attached hydrogen (secondary N) is 1. The zero-order valence-electron chi connectivity index (χ0n) is 12.0. The molecular weight excluding hydrogens is 206 g/mol. The third-order valence-electron chi connectivity index (χ3n) is 2.95. The molecule has 1 aromatic carbocycles. The Bertz CT molecular complexity index is 375. The molecule has 0 aliphatic rings. The summed E-state index contributed by atoms with van der Waals surface area (Å²) in [5.41, 5.74) is 4.27. The van der Waals surface area contributed by atoms with Gasteiger partial charge in [0.1, 0.15) is 0 Å². The molecule has 0 aliphatic heterocycles. The summed E-state index contributed by atoms with van der Waals surface area (Å²) in [5.74, 6) is 0. The highest BCUT2D eigenvalue weighted by molar-refractivity contribution is 5.31. The van der Waals surface area contributed by atoms with Crippen molar-refractivity contribution in [2.24, 2.45) is 0 Å². The number of hydrogen-bond donors (Lipinski definition) is 1. The molecule has 1 heteroatoms. The van der Waals surface area contributed by atoms with E-state index in [2.05, 4.69) is 70.3 Å². The minimum atomic E-state index is 0.226. The SMILES string of the molecule is CNC(C=C(C)C)c1ccc(C(C)(C)C)cc1. The molecule has 1 aromatic rings. The van der Waals surface area contributed by atoms with Gasteiger partial charge in [-0.25, -0.2) is 0 Å². The van der Waals surface area contributed by atoms with Crippen LogP contribution in [0.25, 0.3) is 0 Å². The molecule has 0 radical (unpaired) electrons. The average molecular weight is 231 g/mol. The van der Waals surface area contributed by atoms with Crippen molar-refractivity contribution >= 4 is 0 Å². The van der Waals surface area contributed by atoms with Gasteiger partial charge in [0.05, 0.1) is 6.04 Å². The number of likely N-dealkylation sites (N-methyl/N-ethyl adjacent to an activating group) is 1. The number of benzene rings is 1. The van der Waals surface area contributed by atoms with E-state index in [0.717, 1.165) is 0 Å². The molecule has 1 atom stereocenters. The van der Waals surface area contributed by atoms with E-state index in [1.807, 2.05) is 7.05 Å². The van der Waals surface area contributed by atoms with E-state index in [1.54, 1.807) is 0 Å². The van der Waals surface area contributed by atoms with Crippen molar-refractivity contribution in [1.29, 1.82) is 0 Å². The van der Waals surface area contributed by atoms with E-state index in [0.29, 0.717) is 6.04 Å². The first-order valence-electron chi connectivity index (χ1n) is 6.27. The predicted molar refractivity (Wildman–Crippen MR) is 76.4 cm³/mol. The minimum Gasteiger partial charge on any atom is -0.310 e. The van der Waals surface area contributed by atoms with Gasteiger partial charge >= 0.3 is 0 Å². The normalized spacial score (nSPS) is 13.3.